The predicted octanol–water partition coefficient (Wildman–Crippen LogP) is -0.646. The molecule has 0 aromatic heterocycles. The Labute approximate surface area is 94.2 Å². The highest BCUT2D eigenvalue weighted by Gasteiger charge is 2.34. The van der Waals surface area contributed by atoms with E-state index in [4.69, 9.17) is 5.11 Å². The number of nitrogens with zero attached hydrogens (tertiary/aromatic N) is 1. The molecule has 1 aliphatic heterocycles. The number of carbonyl (C=O) groups excluding carboxylic acids is 1. The van der Waals surface area contributed by atoms with Gasteiger partial charge in [-0.3, -0.25) is 9.59 Å². The molecule has 1 amide bonds. The zero-order valence-electron chi connectivity index (χ0n) is 9.05. The number of carboxylic acid groups (broad SMARTS) is 1. The first kappa shape index (κ1) is 13.0. The van der Waals surface area contributed by atoms with E-state index in [0.29, 0.717) is 0 Å². The van der Waals surface area contributed by atoms with Crippen LogP contribution in [0, 0.1) is 5.92 Å². The number of aliphatic carboxylic acids is 1. The SMILES string of the molecule is CCS(=O)(=O)CCN1CC(C(=O)O)CC1=O. The normalized spacial score (nSPS) is 21.4. The van der Waals surface area contributed by atoms with Gasteiger partial charge in [0.2, 0.25) is 5.91 Å². The van der Waals surface area contributed by atoms with Crippen molar-refractivity contribution in [1.29, 1.82) is 0 Å². The Balaban J connectivity index is 2.51. The Morgan fingerprint density at radius 2 is 2.19 bits per heavy atom. The molecule has 7 heteroatoms. The number of carbonyl (C=O) groups is 2. The standard InChI is InChI=1S/C9H15NO5S/c1-2-16(14,15)4-3-10-6-7(9(12)13)5-8(10)11/h7H,2-6H2,1H3,(H,12,13). The maximum Gasteiger partial charge on any atom is 0.308 e. The Kier molecular flexibility index (Phi) is 3.90. The van der Waals surface area contributed by atoms with Gasteiger partial charge in [0.15, 0.2) is 9.84 Å². The van der Waals surface area contributed by atoms with Crippen LogP contribution in [0.4, 0.5) is 0 Å². The van der Waals surface area contributed by atoms with Crippen molar-refractivity contribution in [3.63, 3.8) is 0 Å². The largest absolute Gasteiger partial charge is 0.481 e. The monoisotopic (exact) mass is 249 g/mol. The number of rotatable bonds is 5. The molecule has 16 heavy (non-hydrogen) atoms. The lowest BCUT2D eigenvalue weighted by molar-refractivity contribution is -0.141. The molecule has 1 atom stereocenters. The van der Waals surface area contributed by atoms with Crippen molar-refractivity contribution < 1.29 is 23.1 Å². The van der Waals surface area contributed by atoms with Crippen molar-refractivity contribution in [3.8, 4) is 0 Å². The highest BCUT2D eigenvalue weighted by atomic mass is 32.2. The van der Waals surface area contributed by atoms with Crippen molar-refractivity contribution in [1.82, 2.24) is 4.90 Å². The number of amides is 1. The van der Waals surface area contributed by atoms with Crippen LogP contribution in [-0.4, -0.2) is 54.9 Å². The molecule has 0 bridgehead atoms. The lowest BCUT2D eigenvalue weighted by Crippen LogP contribution is -2.31. The third-order valence-corrected chi connectivity index (χ3v) is 4.36. The summed E-state index contributed by atoms with van der Waals surface area (Å²) in [6.45, 7) is 1.76. The molecule has 1 saturated heterocycles. The fraction of sp³-hybridized carbons (Fsp3) is 0.778. The number of carboxylic acids is 1. The van der Waals surface area contributed by atoms with Gasteiger partial charge in [0.05, 0.1) is 11.7 Å². The average molecular weight is 249 g/mol. The minimum absolute atomic E-state index is 0.0263. The molecule has 1 rings (SSSR count). The van der Waals surface area contributed by atoms with E-state index in [1.807, 2.05) is 0 Å². The van der Waals surface area contributed by atoms with Crippen molar-refractivity contribution >= 4 is 21.7 Å². The minimum Gasteiger partial charge on any atom is -0.481 e. The Morgan fingerprint density at radius 1 is 1.56 bits per heavy atom. The van der Waals surface area contributed by atoms with Gasteiger partial charge in [-0.05, 0) is 0 Å². The highest BCUT2D eigenvalue weighted by Crippen LogP contribution is 2.17. The Hall–Kier alpha value is -1.11. The maximum absolute atomic E-state index is 11.4. The summed E-state index contributed by atoms with van der Waals surface area (Å²) >= 11 is 0. The summed E-state index contributed by atoms with van der Waals surface area (Å²) in [4.78, 5) is 23.3. The Morgan fingerprint density at radius 3 is 2.62 bits per heavy atom. The fourth-order valence-electron chi connectivity index (χ4n) is 1.55. The molecule has 92 valence electrons. The first-order chi connectivity index (χ1) is 7.35. The topological polar surface area (TPSA) is 91.8 Å². The van der Waals surface area contributed by atoms with Crippen molar-refractivity contribution in [2.75, 3.05) is 24.6 Å². The highest BCUT2D eigenvalue weighted by molar-refractivity contribution is 7.91. The fourth-order valence-corrected chi connectivity index (χ4v) is 2.33. The second kappa shape index (κ2) is 4.82. The van der Waals surface area contributed by atoms with Crippen LogP contribution in [0.5, 0.6) is 0 Å². The average Bonchev–Trinajstić information content (AvgIpc) is 2.57. The molecule has 1 unspecified atom stereocenters. The molecule has 0 aliphatic carbocycles. The molecule has 0 saturated carbocycles. The molecule has 1 heterocycles. The zero-order chi connectivity index (χ0) is 12.3. The van der Waals surface area contributed by atoms with Crippen LogP contribution in [0.1, 0.15) is 13.3 Å². The van der Waals surface area contributed by atoms with E-state index in [-0.39, 0.29) is 36.9 Å². The van der Waals surface area contributed by atoms with Crippen LogP contribution in [-0.2, 0) is 19.4 Å². The van der Waals surface area contributed by atoms with Gasteiger partial charge in [0.25, 0.3) is 0 Å². The summed E-state index contributed by atoms with van der Waals surface area (Å²) in [6, 6.07) is 0. The van der Waals surface area contributed by atoms with Crippen molar-refractivity contribution in [3.05, 3.63) is 0 Å². The quantitative estimate of drug-likeness (QED) is 0.699. The molecule has 0 aromatic carbocycles. The molecular formula is C9H15NO5S. The van der Waals surface area contributed by atoms with Gasteiger partial charge in [-0.15, -0.1) is 0 Å². The molecule has 1 N–H and O–H groups in total. The summed E-state index contributed by atoms with van der Waals surface area (Å²) in [5.74, 6) is -2.04. The third-order valence-electron chi connectivity index (χ3n) is 2.68. The second-order valence-corrected chi connectivity index (χ2v) is 6.29. The van der Waals surface area contributed by atoms with Crippen LogP contribution in [0.15, 0.2) is 0 Å². The van der Waals surface area contributed by atoms with Crippen LogP contribution in [0.2, 0.25) is 0 Å². The zero-order valence-corrected chi connectivity index (χ0v) is 9.87. The van der Waals surface area contributed by atoms with Crippen molar-refractivity contribution in [2.45, 2.75) is 13.3 Å². The van der Waals surface area contributed by atoms with Crippen LogP contribution >= 0.6 is 0 Å². The van der Waals surface area contributed by atoms with Crippen molar-refractivity contribution in [2.24, 2.45) is 5.92 Å². The van der Waals surface area contributed by atoms with E-state index in [0.717, 1.165) is 0 Å². The van der Waals surface area contributed by atoms with Gasteiger partial charge in [-0.1, -0.05) is 6.92 Å². The van der Waals surface area contributed by atoms with Gasteiger partial charge < -0.3 is 10.0 Å². The van der Waals surface area contributed by atoms with E-state index in [2.05, 4.69) is 0 Å². The van der Waals surface area contributed by atoms with Crippen LogP contribution in [0.25, 0.3) is 0 Å². The van der Waals surface area contributed by atoms with E-state index >= 15 is 0 Å². The summed E-state index contributed by atoms with van der Waals surface area (Å²) in [7, 11) is -3.11. The summed E-state index contributed by atoms with van der Waals surface area (Å²) in [5.41, 5.74) is 0. The first-order valence-corrected chi connectivity index (χ1v) is 6.89. The first-order valence-electron chi connectivity index (χ1n) is 5.06. The number of hydrogen-bond donors (Lipinski definition) is 1. The third kappa shape index (κ3) is 3.19. The molecule has 1 fully saturated rings. The van der Waals surface area contributed by atoms with E-state index < -0.39 is 21.7 Å². The summed E-state index contributed by atoms with van der Waals surface area (Å²) in [5, 5.41) is 8.73. The van der Waals surface area contributed by atoms with Gasteiger partial charge in [0, 0.05) is 25.3 Å². The van der Waals surface area contributed by atoms with Gasteiger partial charge in [-0.2, -0.15) is 0 Å². The molecule has 0 radical (unpaired) electrons. The maximum atomic E-state index is 11.4. The molecule has 6 nitrogen and oxygen atoms in total. The summed E-state index contributed by atoms with van der Waals surface area (Å²) in [6.07, 6.45) is -0.0263. The molecule has 0 spiro atoms. The van der Waals surface area contributed by atoms with E-state index in [1.165, 1.54) is 4.90 Å². The smallest absolute Gasteiger partial charge is 0.308 e. The summed E-state index contributed by atoms with van der Waals surface area (Å²) < 4.78 is 22.4. The number of sulfone groups is 1. The van der Waals surface area contributed by atoms with Gasteiger partial charge >= 0.3 is 5.97 Å². The predicted molar refractivity (Wildman–Crippen MR) is 56.7 cm³/mol. The van der Waals surface area contributed by atoms with Gasteiger partial charge in [-0.25, -0.2) is 8.42 Å². The molecule has 1 aliphatic rings. The molecular weight excluding hydrogens is 234 g/mol. The van der Waals surface area contributed by atoms with Crippen LogP contribution in [0.3, 0.4) is 0 Å². The number of hydrogen-bond acceptors (Lipinski definition) is 4. The lowest BCUT2D eigenvalue weighted by atomic mass is 10.1. The van der Waals surface area contributed by atoms with Gasteiger partial charge in [0.1, 0.15) is 0 Å². The van der Waals surface area contributed by atoms with Crippen LogP contribution < -0.4 is 0 Å². The van der Waals surface area contributed by atoms with E-state index in [1.54, 1.807) is 6.92 Å². The second-order valence-electron chi connectivity index (χ2n) is 3.82. The number of likely N-dealkylation sites (tertiary alicyclic amines) is 1. The Bertz CT molecular complexity index is 389. The minimum atomic E-state index is -3.11. The van der Waals surface area contributed by atoms with E-state index in [9.17, 15) is 18.0 Å². The lowest BCUT2D eigenvalue weighted by Gasteiger charge is -2.15. The molecule has 0 aromatic rings.